The molecule has 3 aromatic rings. The Morgan fingerprint density at radius 3 is 2.37 bits per heavy atom. The molecule has 140 valence electrons. The van der Waals surface area contributed by atoms with Gasteiger partial charge in [0.05, 0.1) is 27.5 Å². The van der Waals surface area contributed by atoms with E-state index in [1.807, 2.05) is 30.3 Å². The highest BCUT2D eigenvalue weighted by Crippen LogP contribution is 2.33. The van der Waals surface area contributed by atoms with Gasteiger partial charge in [-0.1, -0.05) is 30.3 Å². The molecule has 0 aliphatic carbocycles. The number of ether oxygens (including phenoxy) is 3. The molecule has 27 heavy (non-hydrogen) atoms. The summed E-state index contributed by atoms with van der Waals surface area (Å²) >= 11 is 5.31. The van der Waals surface area contributed by atoms with Crippen LogP contribution < -0.4 is 14.2 Å². The van der Waals surface area contributed by atoms with Gasteiger partial charge in [-0.3, -0.25) is 5.10 Å². The molecule has 1 aromatic heterocycles. The maximum absolute atomic E-state index is 5.43. The van der Waals surface area contributed by atoms with E-state index in [4.69, 9.17) is 26.4 Å². The summed E-state index contributed by atoms with van der Waals surface area (Å²) in [4.78, 5) is 0. The summed E-state index contributed by atoms with van der Waals surface area (Å²) in [5, 5.41) is 11.6. The Labute approximate surface area is 162 Å². The van der Waals surface area contributed by atoms with Crippen molar-refractivity contribution in [1.82, 2.24) is 14.9 Å². The quantitative estimate of drug-likeness (QED) is 0.499. The topological polar surface area (TPSA) is 73.7 Å². The maximum Gasteiger partial charge on any atom is 0.216 e. The van der Waals surface area contributed by atoms with Gasteiger partial charge in [0.15, 0.2) is 17.3 Å². The summed E-state index contributed by atoms with van der Waals surface area (Å²) < 4.78 is 18.1. The standard InChI is InChI=1S/C19H20N4O3S/c1-24-15-11-17(26-3)16(25-2)10-14(15)12-20-23-18(21-22-19(23)27)9-13-7-5-4-6-8-13/h4-8,10-12H,9H2,1-3H3,(H,22,27)/b20-12-. The van der Waals surface area contributed by atoms with Crippen molar-refractivity contribution < 1.29 is 14.2 Å². The smallest absolute Gasteiger partial charge is 0.216 e. The highest BCUT2D eigenvalue weighted by Gasteiger charge is 2.11. The summed E-state index contributed by atoms with van der Waals surface area (Å²) in [5.74, 6) is 2.48. The number of methoxy groups -OCH3 is 3. The van der Waals surface area contributed by atoms with Crippen molar-refractivity contribution >= 4 is 18.4 Å². The van der Waals surface area contributed by atoms with E-state index >= 15 is 0 Å². The van der Waals surface area contributed by atoms with Gasteiger partial charge in [0.2, 0.25) is 4.77 Å². The summed E-state index contributed by atoms with van der Waals surface area (Å²) in [6.45, 7) is 0. The first kappa shape index (κ1) is 18.7. The summed E-state index contributed by atoms with van der Waals surface area (Å²) in [6, 6.07) is 13.5. The fourth-order valence-electron chi connectivity index (χ4n) is 2.61. The summed E-state index contributed by atoms with van der Waals surface area (Å²) in [7, 11) is 4.74. The first-order chi connectivity index (χ1) is 13.2. The molecule has 8 heteroatoms. The molecular weight excluding hydrogens is 364 g/mol. The van der Waals surface area contributed by atoms with E-state index in [-0.39, 0.29) is 0 Å². The lowest BCUT2D eigenvalue weighted by molar-refractivity contribution is 0.349. The SMILES string of the molecule is COc1cc(OC)c(OC)cc1/C=N\n1c(Cc2ccccc2)n[nH]c1=S. The third-order valence-electron chi connectivity index (χ3n) is 3.97. The number of benzene rings is 2. The Morgan fingerprint density at radius 2 is 1.70 bits per heavy atom. The summed E-state index contributed by atoms with van der Waals surface area (Å²) in [6.07, 6.45) is 2.26. The maximum atomic E-state index is 5.43. The second kappa shape index (κ2) is 8.50. The Bertz CT molecular complexity index is 996. The second-order valence-corrected chi connectivity index (χ2v) is 6.00. The number of hydrogen-bond acceptors (Lipinski definition) is 6. The molecule has 0 atom stereocenters. The average molecular weight is 384 g/mol. The van der Waals surface area contributed by atoms with E-state index in [0.29, 0.717) is 34.3 Å². The molecular formula is C19H20N4O3S. The molecule has 1 N–H and O–H groups in total. The highest BCUT2D eigenvalue weighted by molar-refractivity contribution is 7.71. The average Bonchev–Trinajstić information content (AvgIpc) is 3.05. The number of aromatic nitrogens is 3. The molecule has 2 aromatic carbocycles. The zero-order valence-electron chi connectivity index (χ0n) is 15.3. The number of rotatable bonds is 7. The minimum atomic E-state index is 0.414. The van der Waals surface area contributed by atoms with Crippen LogP contribution in [-0.4, -0.2) is 42.4 Å². The Kier molecular flexibility index (Phi) is 5.87. The van der Waals surface area contributed by atoms with Gasteiger partial charge in [-0.05, 0) is 23.8 Å². The van der Waals surface area contributed by atoms with Crippen LogP contribution in [0.3, 0.4) is 0 Å². The van der Waals surface area contributed by atoms with Crippen molar-refractivity contribution in [3.05, 3.63) is 64.2 Å². The third-order valence-corrected chi connectivity index (χ3v) is 4.23. The van der Waals surface area contributed by atoms with Gasteiger partial charge < -0.3 is 14.2 Å². The lowest BCUT2D eigenvalue weighted by Crippen LogP contribution is -2.01. The van der Waals surface area contributed by atoms with Crippen LogP contribution >= 0.6 is 12.2 Å². The number of nitrogens with zero attached hydrogens (tertiary/aromatic N) is 3. The van der Waals surface area contributed by atoms with Crippen molar-refractivity contribution in [3.63, 3.8) is 0 Å². The van der Waals surface area contributed by atoms with Crippen LogP contribution in [0.4, 0.5) is 0 Å². The minimum absolute atomic E-state index is 0.414. The van der Waals surface area contributed by atoms with Crippen LogP contribution in [-0.2, 0) is 6.42 Å². The molecule has 0 spiro atoms. The van der Waals surface area contributed by atoms with Gasteiger partial charge >= 0.3 is 0 Å². The molecule has 0 bridgehead atoms. The largest absolute Gasteiger partial charge is 0.496 e. The zero-order valence-corrected chi connectivity index (χ0v) is 16.1. The number of aromatic amines is 1. The number of H-pyrrole nitrogens is 1. The summed E-state index contributed by atoms with van der Waals surface area (Å²) in [5.41, 5.74) is 1.84. The lowest BCUT2D eigenvalue weighted by Gasteiger charge is -2.11. The first-order valence-corrected chi connectivity index (χ1v) is 8.61. The van der Waals surface area contributed by atoms with Crippen LogP contribution in [0.1, 0.15) is 17.0 Å². The monoisotopic (exact) mass is 384 g/mol. The predicted octanol–water partition coefficient (Wildman–Crippen LogP) is 3.44. The highest BCUT2D eigenvalue weighted by atomic mass is 32.1. The molecule has 1 heterocycles. The van der Waals surface area contributed by atoms with E-state index < -0.39 is 0 Å². The molecule has 3 rings (SSSR count). The number of nitrogens with one attached hydrogen (secondary N) is 1. The van der Waals surface area contributed by atoms with Gasteiger partial charge in [0.25, 0.3) is 0 Å². The van der Waals surface area contributed by atoms with Gasteiger partial charge in [-0.2, -0.15) is 14.9 Å². The molecule has 7 nitrogen and oxygen atoms in total. The fourth-order valence-corrected chi connectivity index (χ4v) is 2.81. The van der Waals surface area contributed by atoms with E-state index in [1.54, 1.807) is 44.4 Å². The van der Waals surface area contributed by atoms with E-state index in [1.165, 1.54) is 0 Å². The van der Waals surface area contributed by atoms with Crippen LogP contribution in [0.25, 0.3) is 0 Å². The fraction of sp³-hybridized carbons (Fsp3) is 0.211. The molecule has 0 saturated carbocycles. The third kappa shape index (κ3) is 4.17. The van der Waals surface area contributed by atoms with E-state index in [0.717, 1.165) is 11.1 Å². The molecule has 0 unspecified atom stereocenters. The van der Waals surface area contributed by atoms with Crippen LogP contribution in [0, 0.1) is 4.77 Å². The Morgan fingerprint density at radius 1 is 1.04 bits per heavy atom. The van der Waals surface area contributed by atoms with Crippen molar-refractivity contribution in [1.29, 1.82) is 0 Å². The molecule has 0 fully saturated rings. The first-order valence-electron chi connectivity index (χ1n) is 8.21. The van der Waals surface area contributed by atoms with Crippen LogP contribution in [0.15, 0.2) is 47.6 Å². The van der Waals surface area contributed by atoms with Crippen molar-refractivity contribution in [2.75, 3.05) is 21.3 Å². The molecule has 0 radical (unpaired) electrons. The van der Waals surface area contributed by atoms with Gasteiger partial charge in [-0.25, -0.2) is 0 Å². The second-order valence-electron chi connectivity index (χ2n) is 5.61. The zero-order chi connectivity index (χ0) is 19.2. The van der Waals surface area contributed by atoms with Crippen LogP contribution in [0.5, 0.6) is 17.2 Å². The van der Waals surface area contributed by atoms with Crippen LogP contribution in [0.2, 0.25) is 0 Å². The molecule has 0 saturated heterocycles. The molecule has 0 amide bonds. The number of hydrogen-bond donors (Lipinski definition) is 1. The minimum Gasteiger partial charge on any atom is -0.496 e. The normalized spacial score (nSPS) is 10.9. The van der Waals surface area contributed by atoms with Gasteiger partial charge in [-0.15, -0.1) is 0 Å². The lowest BCUT2D eigenvalue weighted by atomic mass is 10.1. The molecule has 0 aliphatic heterocycles. The van der Waals surface area contributed by atoms with E-state index in [9.17, 15) is 0 Å². The Balaban J connectivity index is 1.95. The van der Waals surface area contributed by atoms with E-state index in [2.05, 4.69) is 15.3 Å². The van der Waals surface area contributed by atoms with Gasteiger partial charge in [0, 0.05) is 18.1 Å². The van der Waals surface area contributed by atoms with Gasteiger partial charge in [0.1, 0.15) is 5.75 Å². The Hall–Kier alpha value is -3.13. The molecule has 0 aliphatic rings. The van der Waals surface area contributed by atoms with Crippen molar-refractivity contribution in [2.45, 2.75) is 6.42 Å². The van der Waals surface area contributed by atoms with Crippen molar-refractivity contribution in [3.8, 4) is 17.2 Å². The van der Waals surface area contributed by atoms with Crippen molar-refractivity contribution in [2.24, 2.45) is 5.10 Å². The predicted molar refractivity (Wildman–Crippen MR) is 106 cm³/mol.